The number of allylic oxidation sites excluding steroid dienone is 1. The van der Waals surface area contributed by atoms with Gasteiger partial charge in [-0.25, -0.2) is 8.78 Å². The predicted molar refractivity (Wildman–Crippen MR) is 113 cm³/mol. The van der Waals surface area contributed by atoms with Crippen LogP contribution in [0.4, 0.5) is 8.78 Å². The fraction of sp³-hybridized carbons (Fsp3) is 0.300. The fourth-order valence-electron chi connectivity index (χ4n) is 1.85. The van der Waals surface area contributed by atoms with Crippen LogP contribution >= 0.6 is 0 Å². The van der Waals surface area contributed by atoms with Crippen molar-refractivity contribution in [3.8, 4) is 0 Å². The first kappa shape index (κ1) is 26.9. The van der Waals surface area contributed by atoms with E-state index in [2.05, 4.69) is 32.2 Å². The summed E-state index contributed by atoms with van der Waals surface area (Å²) in [6.07, 6.45) is 11.4. The molecule has 2 aromatic heterocycles. The van der Waals surface area contributed by atoms with E-state index in [0.29, 0.717) is 11.8 Å². The number of nitrogens with two attached hydrogens (primary N) is 2. The van der Waals surface area contributed by atoms with E-state index < -0.39 is 11.4 Å². The molecular formula is C20H28F2N6O2. The summed E-state index contributed by atoms with van der Waals surface area (Å²) in [6.45, 7) is 5.23. The molecule has 1 aliphatic heterocycles. The van der Waals surface area contributed by atoms with Crippen molar-refractivity contribution in [1.82, 2.24) is 15.4 Å². The van der Waals surface area contributed by atoms with Gasteiger partial charge in [-0.15, -0.1) is 0 Å². The first-order chi connectivity index (χ1) is 14.2. The molecule has 10 heteroatoms. The average molecular weight is 422 g/mol. The van der Waals surface area contributed by atoms with Gasteiger partial charge in [-0.1, -0.05) is 6.08 Å². The lowest BCUT2D eigenvalue weighted by Crippen LogP contribution is -2.10. The van der Waals surface area contributed by atoms with Crippen molar-refractivity contribution in [2.24, 2.45) is 16.8 Å². The van der Waals surface area contributed by atoms with Crippen molar-refractivity contribution < 1.29 is 18.7 Å². The second-order valence-electron chi connectivity index (χ2n) is 6.77. The van der Waals surface area contributed by atoms with Crippen molar-refractivity contribution >= 4 is 18.6 Å². The number of hydrazine groups is 1. The maximum absolute atomic E-state index is 12.7. The summed E-state index contributed by atoms with van der Waals surface area (Å²) in [5.74, 6) is 7.29. The standard InChI is InChI=1S/C8H8FN3.C8H6FNO.C4H10O.H4N2/c9-7-3-6(4-10-5-7)8-1-2-11-12-8;9-8-4-7(2-1-3-11)5-10-6-8;1-4(2,3)5;1-2/h2-5,8,12H,1H2;1-6H;5H,1-3H3;1-2H2/b;2-1+;;. The molecular weight excluding hydrogens is 394 g/mol. The van der Waals surface area contributed by atoms with E-state index >= 15 is 0 Å². The zero-order valence-corrected chi connectivity index (χ0v) is 17.2. The molecule has 1 aliphatic rings. The SMILES string of the molecule is CC(C)(C)O.Fc1cncc(C2CC=NN2)c1.NN.O=C/C=C/c1cncc(F)c1. The van der Waals surface area contributed by atoms with Gasteiger partial charge in [-0.05, 0) is 50.1 Å². The summed E-state index contributed by atoms with van der Waals surface area (Å²) in [5.41, 5.74) is 3.78. The summed E-state index contributed by atoms with van der Waals surface area (Å²) in [4.78, 5) is 17.2. The summed E-state index contributed by atoms with van der Waals surface area (Å²) in [7, 11) is 0. The van der Waals surface area contributed by atoms with Crippen molar-refractivity contribution in [3.05, 3.63) is 65.8 Å². The third-order valence-electron chi connectivity index (χ3n) is 2.88. The second kappa shape index (κ2) is 14.9. The van der Waals surface area contributed by atoms with Gasteiger partial charge in [0.15, 0.2) is 0 Å². The van der Waals surface area contributed by atoms with Crippen LogP contribution in [0, 0.1) is 11.6 Å². The van der Waals surface area contributed by atoms with E-state index in [1.165, 1.54) is 36.7 Å². The number of rotatable bonds is 3. The number of hydrazone groups is 1. The number of aromatic nitrogens is 2. The van der Waals surface area contributed by atoms with E-state index in [4.69, 9.17) is 5.11 Å². The smallest absolute Gasteiger partial charge is 0.142 e. The molecule has 3 rings (SSSR count). The van der Waals surface area contributed by atoms with Crippen LogP contribution < -0.4 is 17.1 Å². The van der Waals surface area contributed by atoms with Gasteiger partial charge >= 0.3 is 0 Å². The molecule has 2 aromatic rings. The molecule has 0 radical (unpaired) electrons. The van der Waals surface area contributed by atoms with Crippen LogP contribution in [0.3, 0.4) is 0 Å². The van der Waals surface area contributed by atoms with Gasteiger partial charge in [0, 0.05) is 25.0 Å². The number of hydrogen-bond acceptors (Lipinski definition) is 8. The van der Waals surface area contributed by atoms with Crippen LogP contribution in [0.15, 0.2) is 48.1 Å². The molecule has 0 saturated carbocycles. The van der Waals surface area contributed by atoms with E-state index in [1.54, 1.807) is 33.2 Å². The van der Waals surface area contributed by atoms with Crippen LogP contribution in [0.25, 0.3) is 6.08 Å². The van der Waals surface area contributed by atoms with Crippen LogP contribution in [-0.4, -0.2) is 33.2 Å². The Morgan fingerprint density at radius 1 is 1.10 bits per heavy atom. The highest BCUT2D eigenvalue weighted by Crippen LogP contribution is 2.18. The molecule has 0 amide bonds. The normalized spacial score (nSPS) is 14.3. The molecule has 164 valence electrons. The van der Waals surface area contributed by atoms with Crippen molar-refractivity contribution in [2.75, 3.05) is 0 Å². The number of nitrogens with zero attached hydrogens (tertiary/aromatic N) is 3. The van der Waals surface area contributed by atoms with Gasteiger partial charge in [0.25, 0.3) is 0 Å². The minimum absolute atomic E-state index is 0.0909. The Kier molecular flexibility index (Phi) is 13.3. The number of carbonyl (C=O) groups is 1. The maximum Gasteiger partial charge on any atom is 0.142 e. The largest absolute Gasteiger partial charge is 0.391 e. The Bertz CT molecular complexity index is 796. The molecule has 8 nitrogen and oxygen atoms in total. The molecule has 0 aromatic carbocycles. The Labute approximate surface area is 174 Å². The number of aldehydes is 1. The van der Waals surface area contributed by atoms with Gasteiger partial charge in [-0.2, -0.15) is 5.10 Å². The Balaban J connectivity index is 0.000000434. The Morgan fingerprint density at radius 2 is 1.67 bits per heavy atom. The van der Waals surface area contributed by atoms with Gasteiger partial charge in [0.05, 0.1) is 24.0 Å². The molecule has 0 bridgehead atoms. The van der Waals surface area contributed by atoms with Gasteiger partial charge in [-0.3, -0.25) is 26.4 Å². The topological polar surface area (TPSA) is 140 Å². The molecule has 0 fully saturated rings. The van der Waals surface area contributed by atoms with Crippen LogP contribution in [-0.2, 0) is 4.79 Å². The molecule has 3 heterocycles. The van der Waals surface area contributed by atoms with Crippen LogP contribution in [0.1, 0.15) is 44.4 Å². The quantitative estimate of drug-likeness (QED) is 0.257. The number of pyridine rings is 2. The average Bonchev–Trinajstić information content (AvgIpc) is 3.22. The van der Waals surface area contributed by atoms with Crippen molar-refractivity contribution in [2.45, 2.75) is 38.8 Å². The van der Waals surface area contributed by atoms with E-state index in [1.807, 2.05) is 0 Å². The van der Waals surface area contributed by atoms with Crippen LogP contribution in [0.2, 0.25) is 0 Å². The lowest BCUT2D eigenvalue weighted by atomic mass is 10.1. The summed E-state index contributed by atoms with van der Waals surface area (Å²) in [6, 6.07) is 2.86. The highest BCUT2D eigenvalue weighted by atomic mass is 19.1. The van der Waals surface area contributed by atoms with Crippen molar-refractivity contribution in [1.29, 1.82) is 0 Å². The first-order valence-corrected chi connectivity index (χ1v) is 8.84. The minimum Gasteiger partial charge on any atom is -0.391 e. The van der Waals surface area contributed by atoms with E-state index in [-0.39, 0.29) is 11.9 Å². The van der Waals surface area contributed by atoms with Gasteiger partial charge < -0.3 is 10.5 Å². The third-order valence-corrected chi connectivity index (χ3v) is 2.88. The number of hydrogen-bond donors (Lipinski definition) is 4. The van der Waals surface area contributed by atoms with Crippen molar-refractivity contribution in [3.63, 3.8) is 0 Å². The number of halogens is 2. The fourth-order valence-corrected chi connectivity index (χ4v) is 1.85. The number of carbonyl (C=O) groups excluding carboxylic acids is 1. The molecule has 0 saturated heterocycles. The van der Waals surface area contributed by atoms with E-state index in [9.17, 15) is 13.6 Å². The summed E-state index contributed by atoms with van der Waals surface area (Å²) in [5, 5.41) is 12.4. The first-order valence-electron chi connectivity index (χ1n) is 8.84. The lowest BCUT2D eigenvalue weighted by molar-refractivity contribution is -0.104. The van der Waals surface area contributed by atoms with Gasteiger partial charge in [0.1, 0.15) is 17.9 Å². The summed E-state index contributed by atoms with van der Waals surface area (Å²) < 4.78 is 25.1. The third kappa shape index (κ3) is 14.0. The predicted octanol–water partition coefficient (Wildman–Crippen LogP) is 2.27. The molecule has 0 spiro atoms. The highest BCUT2D eigenvalue weighted by Gasteiger charge is 2.13. The maximum atomic E-state index is 12.7. The lowest BCUT2D eigenvalue weighted by Gasteiger charge is -2.08. The Morgan fingerprint density at radius 3 is 2.13 bits per heavy atom. The minimum atomic E-state index is -0.500. The molecule has 0 aliphatic carbocycles. The molecule has 30 heavy (non-hydrogen) atoms. The summed E-state index contributed by atoms with van der Waals surface area (Å²) >= 11 is 0. The Hall–Kier alpha value is -3.08. The molecule has 6 N–H and O–H groups in total. The zero-order valence-electron chi connectivity index (χ0n) is 17.2. The monoisotopic (exact) mass is 422 g/mol. The van der Waals surface area contributed by atoms with E-state index in [0.717, 1.165) is 18.2 Å². The molecule has 1 unspecified atom stereocenters. The highest BCUT2D eigenvalue weighted by molar-refractivity contribution is 5.73. The van der Waals surface area contributed by atoms with Gasteiger partial charge in [0.2, 0.25) is 0 Å². The number of aliphatic hydroxyl groups is 1. The zero-order chi connectivity index (χ0) is 23.0. The van der Waals surface area contributed by atoms with Crippen LogP contribution in [0.5, 0.6) is 0 Å². The number of nitrogens with one attached hydrogen (secondary N) is 1. The molecule has 1 atom stereocenters. The second-order valence-corrected chi connectivity index (χ2v) is 6.77.